The summed E-state index contributed by atoms with van der Waals surface area (Å²) >= 11 is 3.61. The summed E-state index contributed by atoms with van der Waals surface area (Å²) in [5.74, 6) is 0. The zero-order chi connectivity index (χ0) is 13.2. The Morgan fingerprint density at radius 3 is 2.18 bits per heavy atom. The Hall–Kier alpha value is 0.350. The molecule has 0 N–H and O–H groups in total. The Bertz CT molecular complexity index is 345. The van der Waals surface area contributed by atoms with Gasteiger partial charge in [0.05, 0.1) is 0 Å². The summed E-state index contributed by atoms with van der Waals surface area (Å²) in [6.07, 6.45) is 4.28. The van der Waals surface area contributed by atoms with Gasteiger partial charge in [-0.1, -0.05) is 28.8 Å². The lowest BCUT2D eigenvalue weighted by Gasteiger charge is -2.37. The largest absolute Gasteiger partial charge is 0.281 e. The molecule has 0 heterocycles. The summed E-state index contributed by atoms with van der Waals surface area (Å²) < 4.78 is 27.7. The molecule has 0 aromatic heterocycles. The third-order valence-corrected chi connectivity index (χ3v) is 6.79. The fraction of sp³-hybridized carbons (Fsp3) is 1.00. The SMILES string of the molecule is CC(C)N(C)S(=O)(=O)N(C)C1CCCCC1Br. The van der Waals surface area contributed by atoms with Crippen molar-refractivity contribution in [3.8, 4) is 0 Å². The predicted octanol–water partition coefficient (Wildman–Crippen LogP) is 2.21. The van der Waals surface area contributed by atoms with Crippen LogP contribution in [-0.4, -0.2) is 48.0 Å². The second-order valence-corrected chi connectivity index (χ2v) is 8.23. The molecule has 0 aromatic rings. The molecule has 102 valence electrons. The van der Waals surface area contributed by atoms with E-state index >= 15 is 0 Å². The highest BCUT2D eigenvalue weighted by atomic mass is 79.9. The molecule has 0 aliphatic heterocycles. The van der Waals surface area contributed by atoms with Gasteiger partial charge >= 0.3 is 0 Å². The number of halogens is 1. The van der Waals surface area contributed by atoms with Gasteiger partial charge in [-0.15, -0.1) is 0 Å². The van der Waals surface area contributed by atoms with E-state index in [0.29, 0.717) is 0 Å². The van der Waals surface area contributed by atoms with Gasteiger partial charge in [0.1, 0.15) is 0 Å². The number of hydrogen-bond acceptors (Lipinski definition) is 2. The average Bonchev–Trinajstić information content (AvgIpc) is 2.27. The molecule has 0 aromatic carbocycles. The molecule has 1 fully saturated rings. The van der Waals surface area contributed by atoms with Gasteiger partial charge in [0.25, 0.3) is 10.2 Å². The number of rotatable bonds is 4. The average molecular weight is 327 g/mol. The second kappa shape index (κ2) is 5.99. The summed E-state index contributed by atoms with van der Waals surface area (Å²) in [6.45, 7) is 3.77. The highest BCUT2D eigenvalue weighted by Crippen LogP contribution is 2.29. The highest BCUT2D eigenvalue weighted by molar-refractivity contribution is 9.09. The van der Waals surface area contributed by atoms with Gasteiger partial charge in [0, 0.05) is 31.0 Å². The monoisotopic (exact) mass is 326 g/mol. The fourth-order valence-electron chi connectivity index (χ4n) is 2.12. The van der Waals surface area contributed by atoms with Crippen LogP contribution in [0.3, 0.4) is 0 Å². The van der Waals surface area contributed by atoms with Crippen molar-refractivity contribution in [2.45, 2.75) is 56.4 Å². The summed E-state index contributed by atoms with van der Waals surface area (Å²) in [7, 11) is 0.000229. The summed E-state index contributed by atoms with van der Waals surface area (Å²) in [6, 6.07) is 0.0646. The van der Waals surface area contributed by atoms with Crippen molar-refractivity contribution in [2.24, 2.45) is 0 Å². The van der Waals surface area contributed by atoms with E-state index in [4.69, 9.17) is 0 Å². The van der Waals surface area contributed by atoms with Crippen LogP contribution in [0.2, 0.25) is 0 Å². The lowest BCUT2D eigenvalue weighted by molar-refractivity contribution is 0.270. The van der Waals surface area contributed by atoms with Crippen LogP contribution in [0.1, 0.15) is 39.5 Å². The van der Waals surface area contributed by atoms with Gasteiger partial charge < -0.3 is 0 Å². The van der Waals surface area contributed by atoms with E-state index in [1.807, 2.05) is 13.8 Å². The summed E-state index contributed by atoms with van der Waals surface area (Å²) in [5.41, 5.74) is 0. The number of hydrogen-bond donors (Lipinski definition) is 0. The van der Waals surface area contributed by atoms with Crippen molar-refractivity contribution >= 4 is 26.1 Å². The van der Waals surface area contributed by atoms with Crippen LogP contribution >= 0.6 is 15.9 Å². The molecular weight excluding hydrogens is 304 g/mol. The maximum Gasteiger partial charge on any atom is 0.281 e. The summed E-state index contributed by atoms with van der Waals surface area (Å²) in [4.78, 5) is 0.275. The molecule has 0 spiro atoms. The minimum atomic E-state index is -3.33. The molecule has 2 unspecified atom stereocenters. The van der Waals surface area contributed by atoms with Crippen molar-refractivity contribution in [2.75, 3.05) is 14.1 Å². The predicted molar refractivity (Wildman–Crippen MR) is 74.6 cm³/mol. The van der Waals surface area contributed by atoms with Gasteiger partial charge in [0.15, 0.2) is 0 Å². The minimum Gasteiger partial charge on any atom is -0.195 e. The van der Waals surface area contributed by atoms with Gasteiger partial charge in [-0.05, 0) is 26.7 Å². The Labute approximate surface area is 114 Å². The lowest BCUT2D eigenvalue weighted by Crippen LogP contribution is -2.50. The lowest BCUT2D eigenvalue weighted by atomic mass is 9.96. The van der Waals surface area contributed by atoms with Gasteiger partial charge in [-0.3, -0.25) is 0 Å². The van der Waals surface area contributed by atoms with Crippen molar-refractivity contribution in [3.05, 3.63) is 0 Å². The van der Waals surface area contributed by atoms with E-state index in [9.17, 15) is 8.42 Å². The van der Waals surface area contributed by atoms with E-state index in [1.165, 1.54) is 15.0 Å². The standard InChI is InChI=1S/C11H23BrN2O2S/c1-9(2)13(3)17(15,16)14(4)11-8-6-5-7-10(11)12/h9-11H,5-8H2,1-4H3. The molecule has 1 aliphatic rings. The van der Waals surface area contributed by atoms with E-state index in [1.54, 1.807) is 14.1 Å². The van der Waals surface area contributed by atoms with Crippen LogP contribution in [0, 0.1) is 0 Å². The molecule has 1 aliphatic carbocycles. The van der Waals surface area contributed by atoms with Gasteiger partial charge in [-0.25, -0.2) is 0 Å². The highest BCUT2D eigenvalue weighted by Gasteiger charge is 2.35. The smallest absolute Gasteiger partial charge is 0.195 e. The Balaban J connectivity index is 2.84. The van der Waals surface area contributed by atoms with Gasteiger partial charge in [-0.2, -0.15) is 17.0 Å². The van der Waals surface area contributed by atoms with Gasteiger partial charge in [0.2, 0.25) is 0 Å². The number of alkyl halides is 1. The molecule has 1 rings (SSSR count). The van der Waals surface area contributed by atoms with E-state index in [2.05, 4.69) is 15.9 Å². The normalized spacial score (nSPS) is 27.1. The maximum absolute atomic E-state index is 12.3. The molecule has 0 bridgehead atoms. The molecular formula is C11H23BrN2O2S. The van der Waals surface area contributed by atoms with Crippen molar-refractivity contribution in [1.29, 1.82) is 0 Å². The van der Waals surface area contributed by atoms with E-state index in [0.717, 1.165) is 19.3 Å². The molecule has 17 heavy (non-hydrogen) atoms. The topological polar surface area (TPSA) is 40.6 Å². The Morgan fingerprint density at radius 1 is 1.18 bits per heavy atom. The zero-order valence-electron chi connectivity index (χ0n) is 11.1. The van der Waals surface area contributed by atoms with Crippen LogP contribution < -0.4 is 0 Å². The molecule has 0 amide bonds. The van der Waals surface area contributed by atoms with Crippen LogP contribution in [-0.2, 0) is 10.2 Å². The maximum atomic E-state index is 12.3. The zero-order valence-corrected chi connectivity index (χ0v) is 13.5. The number of nitrogens with zero attached hydrogens (tertiary/aromatic N) is 2. The van der Waals surface area contributed by atoms with Crippen molar-refractivity contribution in [1.82, 2.24) is 8.61 Å². The van der Waals surface area contributed by atoms with Crippen LogP contribution in [0.25, 0.3) is 0 Å². The molecule has 6 heteroatoms. The van der Waals surface area contributed by atoms with E-state index < -0.39 is 10.2 Å². The first-order valence-electron chi connectivity index (χ1n) is 6.13. The molecule has 2 atom stereocenters. The molecule has 1 saturated carbocycles. The van der Waals surface area contributed by atoms with Crippen LogP contribution in [0.15, 0.2) is 0 Å². The summed E-state index contributed by atoms with van der Waals surface area (Å²) in [5, 5.41) is 0. The first-order chi connectivity index (χ1) is 7.78. The second-order valence-electron chi connectivity index (χ2n) is 5.00. The molecule has 0 radical (unpaired) electrons. The third-order valence-electron chi connectivity index (χ3n) is 3.57. The van der Waals surface area contributed by atoms with Crippen molar-refractivity contribution in [3.63, 3.8) is 0 Å². The first-order valence-corrected chi connectivity index (χ1v) is 8.44. The first kappa shape index (κ1) is 15.4. The Kier molecular flexibility index (Phi) is 5.43. The molecule has 4 nitrogen and oxygen atoms in total. The van der Waals surface area contributed by atoms with Crippen LogP contribution in [0.4, 0.5) is 0 Å². The van der Waals surface area contributed by atoms with Crippen molar-refractivity contribution < 1.29 is 8.42 Å². The quantitative estimate of drug-likeness (QED) is 0.743. The third kappa shape index (κ3) is 3.43. The molecule has 0 saturated heterocycles. The van der Waals surface area contributed by atoms with E-state index in [-0.39, 0.29) is 16.9 Å². The fourth-order valence-corrected chi connectivity index (χ4v) is 4.75. The van der Waals surface area contributed by atoms with Crippen LogP contribution in [0.5, 0.6) is 0 Å². The Morgan fingerprint density at radius 2 is 1.71 bits per heavy atom. The minimum absolute atomic E-state index is 0.0141.